The zero-order chi connectivity index (χ0) is 15.4. The molecule has 0 bridgehead atoms. The molecule has 0 aromatic carbocycles. The summed E-state index contributed by atoms with van der Waals surface area (Å²) in [6.07, 6.45) is 5.53. The van der Waals surface area contributed by atoms with Gasteiger partial charge in [-0.05, 0) is 17.7 Å². The van der Waals surface area contributed by atoms with Crippen LogP contribution in [0.1, 0.15) is 29.8 Å². The smallest absolute Gasteiger partial charge is 0.328 e. The number of hydrogen-bond donors (Lipinski definition) is 1. The Bertz CT molecular complexity index is 564. The molecule has 1 saturated heterocycles. The van der Waals surface area contributed by atoms with E-state index >= 15 is 0 Å². The first-order valence-electron chi connectivity index (χ1n) is 6.76. The number of aliphatic carboxylic acids is 1. The normalized spacial score (nSPS) is 22.5. The van der Waals surface area contributed by atoms with Crippen LogP contribution in [0.15, 0.2) is 24.5 Å². The predicted octanol–water partition coefficient (Wildman–Crippen LogP) is 2.15. The Morgan fingerprint density at radius 1 is 1.33 bits per heavy atom. The minimum atomic E-state index is -1.03. The number of carbonyl (C=O) groups is 2. The van der Waals surface area contributed by atoms with Crippen LogP contribution in [-0.4, -0.2) is 50.5 Å². The topological polar surface area (TPSA) is 70.5 Å². The molecule has 6 heteroatoms. The highest BCUT2D eigenvalue weighted by Crippen LogP contribution is 2.25. The van der Waals surface area contributed by atoms with Crippen LogP contribution >= 0.6 is 11.8 Å². The third-order valence-corrected chi connectivity index (χ3v) is 4.36. The van der Waals surface area contributed by atoms with E-state index in [4.69, 9.17) is 5.11 Å². The molecule has 2 atom stereocenters. The molecule has 0 saturated carbocycles. The molecule has 2 heterocycles. The van der Waals surface area contributed by atoms with E-state index in [-0.39, 0.29) is 5.91 Å². The number of hydrogen-bond acceptors (Lipinski definition) is 4. The van der Waals surface area contributed by atoms with Gasteiger partial charge in [0.1, 0.15) is 0 Å². The minimum absolute atomic E-state index is 0.0490. The molecule has 0 aliphatic carbocycles. The fourth-order valence-electron chi connectivity index (χ4n) is 2.36. The SMILES string of the molecule is CC1CN(C(=O)c2cncc(C=CC(=O)O)c2)CC(C)S1. The molecule has 21 heavy (non-hydrogen) atoms. The van der Waals surface area contributed by atoms with Crippen molar-refractivity contribution in [1.29, 1.82) is 0 Å². The summed E-state index contributed by atoms with van der Waals surface area (Å²) in [6.45, 7) is 5.68. The fraction of sp³-hybridized carbons (Fsp3) is 0.400. The largest absolute Gasteiger partial charge is 0.478 e. The summed E-state index contributed by atoms with van der Waals surface area (Å²) in [5, 5.41) is 9.47. The molecular weight excluding hydrogens is 288 g/mol. The van der Waals surface area contributed by atoms with Gasteiger partial charge in [0.25, 0.3) is 5.91 Å². The number of carboxylic acids is 1. The first-order chi connectivity index (χ1) is 9.95. The lowest BCUT2D eigenvalue weighted by molar-refractivity contribution is -0.131. The molecule has 1 N–H and O–H groups in total. The van der Waals surface area contributed by atoms with E-state index in [9.17, 15) is 9.59 Å². The molecule has 1 aromatic rings. The monoisotopic (exact) mass is 306 g/mol. The molecular formula is C15H18N2O3S. The van der Waals surface area contributed by atoms with Crippen molar-refractivity contribution in [2.45, 2.75) is 24.3 Å². The summed E-state index contributed by atoms with van der Waals surface area (Å²) in [5.74, 6) is -1.07. The van der Waals surface area contributed by atoms with Crippen molar-refractivity contribution in [2.24, 2.45) is 0 Å². The molecule has 112 valence electrons. The molecule has 5 nitrogen and oxygen atoms in total. The van der Waals surface area contributed by atoms with E-state index in [1.165, 1.54) is 18.5 Å². The zero-order valence-corrected chi connectivity index (χ0v) is 12.8. The second-order valence-corrected chi connectivity index (χ2v) is 7.03. The number of thioether (sulfide) groups is 1. The number of aromatic nitrogens is 1. The summed E-state index contributed by atoms with van der Waals surface area (Å²) in [5.41, 5.74) is 1.10. The van der Waals surface area contributed by atoms with Gasteiger partial charge in [0.05, 0.1) is 5.56 Å². The van der Waals surface area contributed by atoms with Gasteiger partial charge < -0.3 is 10.0 Å². The molecule has 2 unspecified atom stereocenters. The van der Waals surface area contributed by atoms with Crippen LogP contribution in [0.25, 0.3) is 6.08 Å². The number of pyridine rings is 1. The highest BCUT2D eigenvalue weighted by molar-refractivity contribution is 8.00. The van der Waals surface area contributed by atoms with Crippen molar-refractivity contribution in [2.75, 3.05) is 13.1 Å². The highest BCUT2D eigenvalue weighted by Gasteiger charge is 2.26. The molecule has 1 amide bonds. The third-order valence-electron chi connectivity index (χ3n) is 3.13. The first kappa shape index (κ1) is 15.6. The summed E-state index contributed by atoms with van der Waals surface area (Å²) in [6, 6.07) is 1.67. The van der Waals surface area contributed by atoms with Gasteiger partial charge in [0.2, 0.25) is 0 Å². The second kappa shape index (κ2) is 6.76. The van der Waals surface area contributed by atoms with E-state index < -0.39 is 5.97 Å². The molecule has 2 rings (SSSR count). The van der Waals surface area contributed by atoms with Crippen LogP contribution in [-0.2, 0) is 4.79 Å². The average Bonchev–Trinajstić information content (AvgIpc) is 2.43. The standard InChI is InChI=1S/C15H18N2O3S/c1-10-8-17(9-11(2)21-10)15(20)13-5-12(6-16-7-13)3-4-14(18)19/h3-7,10-11H,8-9H2,1-2H3,(H,18,19). The predicted molar refractivity (Wildman–Crippen MR) is 83.3 cm³/mol. The molecule has 1 aliphatic heterocycles. The number of amides is 1. The van der Waals surface area contributed by atoms with Crippen LogP contribution < -0.4 is 0 Å². The van der Waals surface area contributed by atoms with Crippen LogP contribution in [0.4, 0.5) is 0 Å². The van der Waals surface area contributed by atoms with Crippen LogP contribution in [0.5, 0.6) is 0 Å². The fourth-order valence-corrected chi connectivity index (χ4v) is 3.68. The van der Waals surface area contributed by atoms with Crippen LogP contribution in [0, 0.1) is 0 Å². The van der Waals surface area contributed by atoms with Crippen molar-refractivity contribution in [3.8, 4) is 0 Å². The summed E-state index contributed by atoms with van der Waals surface area (Å²) < 4.78 is 0. The van der Waals surface area contributed by atoms with Gasteiger partial charge in [-0.1, -0.05) is 13.8 Å². The Balaban J connectivity index is 2.15. The Hall–Kier alpha value is -1.82. The van der Waals surface area contributed by atoms with E-state index in [1.807, 2.05) is 16.7 Å². The van der Waals surface area contributed by atoms with Gasteiger partial charge in [-0.25, -0.2) is 4.79 Å². The maximum atomic E-state index is 12.5. The van der Waals surface area contributed by atoms with Crippen molar-refractivity contribution in [3.05, 3.63) is 35.7 Å². The Labute approximate surface area is 128 Å². The quantitative estimate of drug-likeness (QED) is 0.866. The second-order valence-electron chi connectivity index (χ2n) is 5.15. The van der Waals surface area contributed by atoms with Crippen molar-refractivity contribution >= 4 is 29.7 Å². The molecule has 1 aromatic heterocycles. The van der Waals surface area contributed by atoms with Crippen molar-refractivity contribution < 1.29 is 14.7 Å². The molecule has 0 spiro atoms. The Morgan fingerprint density at radius 3 is 2.62 bits per heavy atom. The summed E-state index contributed by atoms with van der Waals surface area (Å²) in [4.78, 5) is 28.9. The third kappa shape index (κ3) is 4.32. The van der Waals surface area contributed by atoms with E-state index in [2.05, 4.69) is 18.8 Å². The lowest BCUT2D eigenvalue weighted by atomic mass is 10.1. The number of nitrogens with zero attached hydrogens (tertiary/aromatic N) is 2. The van der Waals surface area contributed by atoms with Gasteiger partial charge in [-0.3, -0.25) is 9.78 Å². The average molecular weight is 306 g/mol. The van der Waals surface area contributed by atoms with Gasteiger partial charge in [-0.2, -0.15) is 11.8 Å². The number of carbonyl (C=O) groups excluding carboxylic acids is 1. The summed E-state index contributed by atoms with van der Waals surface area (Å²) >= 11 is 1.89. The van der Waals surface area contributed by atoms with E-state index in [0.717, 1.165) is 19.2 Å². The van der Waals surface area contributed by atoms with Crippen molar-refractivity contribution in [1.82, 2.24) is 9.88 Å². The maximum Gasteiger partial charge on any atom is 0.328 e. The zero-order valence-electron chi connectivity index (χ0n) is 12.0. The van der Waals surface area contributed by atoms with Gasteiger partial charge in [-0.15, -0.1) is 0 Å². The molecule has 1 fully saturated rings. The van der Waals surface area contributed by atoms with Crippen LogP contribution in [0.2, 0.25) is 0 Å². The Kier molecular flexibility index (Phi) is 5.01. The number of carboxylic acid groups (broad SMARTS) is 1. The molecule has 1 aliphatic rings. The van der Waals surface area contributed by atoms with Gasteiger partial charge >= 0.3 is 5.97 Å². The van der Waals surface area contributed by atoms with E-state index in [1.54, 1.807) is 6.07 Å². The van der Waals surface area contributed by atoms with Crippen LogP contribution in [0.3, 0.4) is 0 Å². The van der Waals surface area contributed by atoms with Gasteiger partial charge in [0.15, 0.2) is 0 Å². The number of rotatable bonds is 3. The lowest BCUT2D eigenvalue weighted by Gasteiger charge is -2.34. The molecule has 0 radical (unpaired) electrons. The lowest BCUT2D eigenvalue weighted by Crippen LogP contribution is -2.44. The maximum absolute atomic E-state index is 12.5. The van der Waals surface area contributed by atoms with Gasteiger partial charge in [0, 0.05) is 42.1 Å². The first-order valence-corrected chi connectivity index (χ1v) is 7.71. The Morgan fingerprint density at radius 2 is 2.00 bits per heavy atom. The summed E-state index contributed by atoms with van der Waals surface area (Å²) in [7, 11) is 0. The minimum Gasteiger partial charge on any atom is -0.478 e. The van der Waals surface area contributed by atoms with E-state index in [0.29, 0.717) is 21.6 Å². The highest BCUT2D eigenvalue weighted by atomic mass is 32.2. The van der Waals surface area contributed by atoms with Crippen molar-refractivity contribution in [3.63, 3.8) is 0 Å².